The third-order valence-electron chi connectivity index (χ3n) is 5.00. The monoisotopic (exact) mass is 431 g/mol. The minimum absolute atomic E-state index is 0. The van der Waals surface area contributed by atoms with E-state index in [1.54, 1.807) is 13.8 Å². The smallest absolute Gasteiger partial charge is 0.137 e. The molecular weight excluding hydrogens is 398 g/mol. The van der Waals surface area contributed by atoms with Crippen molar-refractivity contribution in [3.63, 3.8) is 0 Å². The third-order valence-corrected chi connectivity index (χ3v) is 5.00. The van der Waals surface area contributed by atoms with Gasteiger partial charge in [-0.05, 0) is 13.8 Å². The first-order chi connectivity index (χ1) is 12.7. The van der Waals surface area contributed by atoms with E-state index < -0.39 is 61.3 Å². The fourth-order valence-electron chi connectivity index (χ4n) is 3.17. The predicted octanol–water partition coefficient (Wildman–Crippen LogP) is -4.17. The van der Waals surface area contributed by atoms with E-state index in [4.69, 9.17) is 9.47 Å². The van der Waals surface area contributed by atoms with Gasteiger partial charge in [-0.1, -0.05) is 0 Å². The van der Waals surface area contributed by atoms with Crippen LogP contribution < -0.4 is 16.0 Å². The van der Waals surface area contributed by atoms with Crippen molar-refractivity contribution in [1.29, 1.82) is 0 Å². The first-order valence-electron chi connectivity index (χ1n) is 9.30. The molecule has 0 saturated carbocycles. The Morgan fingerprint density at radius 2 is 0.929 bits per heavy atom. The maximum atomic E-state index is 9.89. The van der Waals surface area contributed by atoms with Crippen LogP contribution in [0.1, 0.15) is 13.8 Å². The van der Waals surface area contributed by atoms with Gasteiger partial charge in [-0.15, -0.1) is 12.4 Å². The highest BCUT2D eigenvalue weighted by Crippen LogP contribution is 2.20. The fourth-order valence-corrected chi connectivity index (χ4v) is 3.17. The molecule has 10 atom stereocenters. The quantitative estimate of drug-likeness (QED) is 0.170. The maximum absolute atomic E-state index is 9.89. The second kappa shape index (κ2) is 11.9. The summed E-state index contributed by atoms with van der Waals surface area (Å²) in [6.45, 7) is 5.26. The summed E-state index contributed by atoms with van der Waals surface area (Å²) in [4.78, 5) is 0. The summed E-state index contributed by atoms with van der Waals surface area (Å²) in [5.41, 5.74) is 0. The van der Waals surface area contributed by atoms with Gasteiger partial charge in [0.15, 0.2) is 0 Å². The summed E-state index contributed by atoms with van der Waals surface area (Å²) in [6, 6.07) is 0. The molecule has 2 rings (SSSR count). The maximum Gasteiger partial charge on any atom is 0.137 e. The normalized spacial score (nSPS) is 44.1. The van der Waals surface area contributed by atoms with Crippen LogP contribution in [-0.4, -0.2) is 118 Å². The Hall–Kier alpha value is -0.150. The molecule has 2 aliphatic heterocycles. The zero-order valence-corrected chi connectivity index (χ0v) is 16.8. The molecule has 10 unspecified atom stereocenters. The summed E-state index contributed by atoms with van der Waals surface area (Å²) in [5.74, 6) is 0. The summed E-state index contributed by atoms with van der Waals surface area (Å²) < 4.78 is 10.9. The van der Waals surface area contributed by atoms with Gasteiger partial charge in [-0.3, -0.25) is 10.6 Å². The van der Waals surface area contributed by atoms with Gasteiger partial charge in [0.05, 0.1) is 12.2 Å². The molecular formula is C16H34ClN3O8. The van der Waals surface area contributed by atoms with Crippen molar-refractivity contribution in [3.8, 4) is 0 Å². The van der Waals surface area contributed by atoms with Crippen LogP contribution >= 0.6 is 12.4 Å². The lowest BCUT2D eigenvalue weighted by Gasteiger charge is -2.39. The number of hydrogen-bond acceptors (Lipinski definition) is 11. The first kappa shape index (κ1) is 25.9. The van der Waals surface area contributed by atoms with Crippen LogP contribution in [0.3, 0.4) is 0 Å². The van der Waals surface area contributed by atoms with Gasteiger partial charge in [0.25, 0.3) is 0 Å². The van der Waals surface area contributed by atoms with E-state index in [-0.39, 0.29) is 12.4 Å². The number of aliphatic hydroxyl groups excluding tert-OH is 6. The van der Waals surface area contributed by atoms with Gasteiger partial charge in [0, 0.05) is 26.2 Å². The molecule has 0 radical (unpaired) electrons. The Morgan fingerprint density at radius 3 is 1.29 bits per heavy atom. The van der Waals surface area contributed by atoms with Crippen molar-refractivity contribution in [3.05, 3.63) is 0 Å². The highest BCUT2D eigenvalue weighted by Gasteiger charge is 2.42. The second-order valence-corrected chi connectivity index (χ2v) is 7.13. The zero-order chi connectivity index (χ0) is 20.1. The Kier molecular flexibility index (Phi) is 11.0. The lowest BCUT2D eigenvalue weighted by atomic mass is 9.99. The van der Waals surface area contributed by atoms with Crippen LogP contribution in [0.15, 0.2) is 0 Å². The number of nitrogens with one attached hydrogen (secondary N) is 3. The third kappa shape index (κ3) is 6.42. The molecule has 11 nitrogen and oxygen atoms in total. The van der Waals surface area contributed by atoms with E-state index in [0.717, 1.165) is 0 Å². The van der Waals surface area contributed by atoms with Crippen LogP contribution in [0.4, 0.5) is 0 Å². The average molecular weight is 432 g/mol. The van der Waals surface area contributed by atoms with Crippen molar-refractivity contribution in [1.82, 2.24) is 16.0 Å². The van der Waals surface area contributed by atoms with Crippen LogP contribution in [0, 0.1) is 0 Å². The van der Waals surface area contributed by atoms with Gasteiger partial charge < -0.3 is 45.4 Å². The molecule has 2 fully saturated rings. The van der Waals surface area contributed by atoms with E-state index in [0.29, 0.717) is 26.2 Å². The first-order valence-corrected chi connectivity index (χ1v) is 9.30. The Labute approximate surface area is 170 Å². The molecule has 168 valence electrons. The minimum Gasteiger partial charge on any atom is -0.388 e. The van der Waals surface area contributed by atoms with Crippen molar-refractivity contribution >= 4 is 12.4 Å². The number of hydrogen-bond donors (Lipinski definition) is 9. The lowest BCUT2D eigenvalue weighted by Crippen LogP contribution is -2.61. The Balaban J connectivity index is 0.00000392. The number of halogens is 1. The van der Waals surface area contributed by atoms with Gasteiger partial charge in [0.2, 0.25) is 0 Å². The van der Waals surface area contributed by atoms with Crippen LogP contribution in [0.2, 0.25) is 0 Å². The van der Waals surface area contributed by atoms with E-state index in [9.17, 15) is 30.6 Å². The zero-order valence-electron chi connectivity index (χ0n) is 16.0. The van der Waals surface area contributed by atoms with Gasteiger partial charge in [-0.25, -0.2) is 0 Å². The van der Waals surface area contributed by atoms with Crippen molar-refractivity contribution in [2.45, 2.75) is 75.1 Å². The largest absolute Gasteiger partial charge is 0.388 e. The molecule has 0 amide bonds. The van der Waals surface area contributed by atoms with E-state index >= 15 is 0 Å². The average Bonchev–Trinajstić information content (AvgIpc) is 2.65. The predicted molar refractivity (Wildman–Crippen MR) is 101 cm³/mol. The lowest BCUT2D eigenvalue weighted by molar-refractivity contribution is -0.224. The molecule has 0 aromatic carbocycles. The fraction of sp³-hybridized carbons (Fsp3) is 1.00. The topological polar surface area (TPSA) is 176 Å². The number of aliphatic hydroxyl groups is 6. The molecule has 28 heavy (non-hydrogen) atoms. The van der Waals surface area contributed by atoms with Crippen molar-refractivity contribution < 1.29 is 40.1 Å². The highest BCUT2D eigenvalue weighted by atomic mass is 35.5. The summed E-state index contributed by atoms with van der Waals surface area (Å²) >= 11 is 0. The van der Waals surface area contributed by atoms with Crippen LogP contribution in [0.25, 0.3) is 0 Å². The van der Waals surface area contributed by atoms with Gasteiger partial charge in [0.1, 0.15) is 49.1 Å². The standard InChI is InChI=1S/C16H33N3O8.ClH/c1-7-9(20)11(22)13(24)15(26-7)18-5-3-17-4-6-19-16-14(25)12(23)10(21)8(2)27-16;/h7-25H,3-6H2,1-2H3;1H. The molecule has 12 heteroatoms. The number of rotatable bonds is 8. The highest BCUT2D eigenvalue weighted by molar-refractivity contribution is 5.85. The van der Waals surface area contributed by atoms with Gasteiger partial charge >= 0.3 is 0 Å². The Bertz CT molecular complexity index is 416. The number of ether oxygens (including phenoxy) is 2. The summed E-state index contributed by atoms with van der Waals surface area (Å²) in [6.07, 6.45) is -9.91. The van der Waals surface area contributed by atoms with E-state index in [1.807, 2.05) is 0 Å². The second-order valence-electron chi connectivity index (χ2n) is 7.13. The molecule has 2 saturated heterocycles. The molecule has 9 N–H and O–H groups in total. The molecule has 0 aromatic heterocycles. The van der Waals surface area contributed by atoms with Gasteiger partial charge in [-0.2, -0.15) is 0 Å². The molecule has 2 aliphatic rings. The minimum atomic E-state index is -1.26. The molecule has 0 aromatic rings. The van der Waals surface area contributed by atoms with Crippen molar-refractivity contribution in [2.24, 2.45) is 0 Å². The molecule has 0 bridgehead atoms. The summed E-state index contributed by atoms with van der Waals surface area (Å²) in [5, 5.41) is 67.6. The molecule has 0 spiro atoms. The SMILES string of the molecule is CC1OC(NCCNCCNC2OC(C)C(O)C(O)C2O)C(O)C(O)C1O.Cl. The summed E-state index contributed by atoms with van der Waals surface area (Å²) in [7, 11) is 0. The molecule has 0 aliphatic carbocycles. The van der Waals surface area contributed by atoms with Crippen LogP contribution in [-0.2, 0) is 9.47 Å². The van der Waals surface area contributed by atoms with E-state index in [1.165, 1.54) is 0 Å². The Morgan fingerprint density at radius 1 is 0.571 bits per heavy atom. The van der Waals surface area contributed by atoms with Crippen molar-refractivity contribution in [2.75, 3.05) is 26.2 Å². The van der Waals surface area contributed by atoms with Crippen LogP contribution in [0.5, 0.6) is 0 Å². The molecule has 2 heterocycles. The van der Waals surface area contributed by atoms with E-state index in [2.05, 4.69) is 16.0 Å².